The van der Waals surface area contributed by atoms with Crippen LogP contribution in [0, 0.1) is 5.92 Å². The lowest BCUT2D eigenvalue weighted by Crippen LogP contribution is -2.36. The average molecular weight is 228 g/mol. The minimum atomic E-state index is 0.678. The van der Waals surface area contributed by atoms with Crippen LogP contribution in [-0.2, 0) is 0 Å². The van der Waals surface area contributed by atoms with Crippen LogP contribution >= 0.6 is 0 Å². The van der Waals surface area contributed by atoms with Crippen molar-refractivity contribution >= 4 is 0 Å². The van der Waals surface area contributed by atoms with Crippen LogP contribution in [0.3, 0.4) is 0 Å². The van der Waals surface area contributed by atoms with Gasteiger partial charge in [-0.15, -0.1) is 0 Å². The smallest absolute Gasteiger partial charge is 0.00619 e. The first-order valence-corrected chi connectivity index (χ1v) is 6.92. The van der Waals surface area contributed by atoms with E-state index in [0.29, 0.717) is 12.1 Å². The van der Waals surface area contributed by atoms with Crippen LogP contribution in [0.2, 0.25) is 0 Å². The molecule has 0 rings (SSSR count). The van der Waals surface area contributed by atoms with E-state index in [1.54, 1.807) is 0 Å². The molecule has 1 atom stereocenters. The second-order valence-electron chi connectivity index (χ2n) is 5.52. The topological polar surface area (TPSA) is 15.3 Å². The molecule has 0 aromatic carbocycles. The molecule has 98 valence electrons. The molecular formula is C14H32N2. The Balaban J connectivity index is 3.84. The van der Waals surface area contributed by atoms with Crippen molar-refractivity contribution in [3.05, 3.63) is 0 Å². The van der Waals surface area contributed by atoms with Gasteiger partial charge >= 0.3 is 0 Å². The summed E-state index contributed by atoms with van der Waals surface area (Å²) in [5, 5.41) is 3.38. The van der Waals surface area contributed by atoms with E-state index in [1.807, 2.05) is 0 Å². The Bertz CT molecular complexity index is 151. The van der Waals surface area contributed by atoms with Crippen LogP contribution in [0.25, 0.3) is 0 Å². The quantitative estimate of drug-likeness (QED) is 0.652. The number of rotatable bonds is 9. The fraction of sp³-hybridized carbons (Fsp3) is 1.00. The SMILES string of the molecule is CCC(CCCN(CC(C)C)C(C)C)NC. The predicted molar refractivity (Wildman–Crippen MR) is 73.9 cm³/mol. The van der Waals surface area contributed by atoms with Crippen molar-refractivity contribution in [3.63, 3.8) is 0 Å². The van der Waals surface area contributed by atoms with Crippen molar-refractivity contribution in [2.24, 2.45) is 5.92 Å². The summed E-state index contributed by atoms with van der Waals surface area (Å²) in [6.45, 7) is 13.9. The largest absolute Gasteiger partial charge is 0.317 e. The van der Waals surface area contributed by atoms with Gasteiger partial charge in [-0.2, -0.15) is 0 Å². The lowest BCUT2D eigenvalue weighted by Gasteiger charge is -2.28. The zero-order valence-electron chi connectivity index (χ0n) is 12.2. The molecule has 1 unspecified atom stereocenters. The number of hydrogen-bond acceptors (Lipinski definition) is 2. The summed E-state index contributed by atoms with van der Waals surface area (Å²) in [6, 6.07) is 1.38. The fourth-order valence-corrected chi connectivity index (χ4v) is 2.12. The maximum Gasteiger partial charge on any atom is 0.00619 e. The number of hydrogen-bond donors (Lipinski definition) is 1. The molecule has 0 aliphatic rings. The zero-order valence-corrected chi connectivity index (χ0v) is 12.2. The minimum Gasteiger partial charge on any atom is -0.317 e. The van der Waals surface area contributed by atoms with Crippen LogP contribution in [0.5, 0.6) is 0 Å². The average Bonchev–Trinajstić information content (AvgIpc) is 2.22. The van der Waals surface area contributed by atoms with Crippen LogP contribution in [0.15, 0.2) is 0 Å². The minimum absolute atomic E-state index is 0.678. The predicted octanol–water partition coefficient (Wildman–Crippen LogP) is 3.13. The molecule has 2 nitrogen and oxygen atoms in total. The van der Waals surface area contributed by atoms with Gasteiger partial charge in [-0.1, -0.05) is 20.8 Å². The van der Waals surface area contributed by atoms with Gasteiger partial charge in [0.15, 0.2) is 0 Å². The molecule has 0 aromatic heterocycles. The van der Waals surface area contributed by atoms with Gasteiger partial charge in [-0.05, 0) is 52.6 Å². The Hall–Kier alpha value is -0.0800. The van der Waals surface area contributed by atoms with E-state index >= 15 is 0 Å². The number of nitrogens with zero attached hydrogens (tertiary/aromatic N) is 1. The summed E-state index contributed by atoms with van der Waals surface area (Å²) in [7, 11) is 2.07. The van der Waals surface area contributed by atoms with Crippen molar-refractivity contribution in [3.8, 4) is 0 Å². The lowest BCUT2D eigenvalue weighted by atomic mass is 10.1. The Morgan fingerprint density at radius 3 is 2.12 bits per heavy atom. The van der Waals surface area contributed by atoms with Crippen LogP contribution in [0.4, 0.5) is 0 Å². The van der Waals surface area contributed by atoms with E-state index in [-0.39, 0.29) is 0 Å². The first kappa shape index (κ1) is 15.9. The second kappa shape index (κ2) is 9.00. The van der Waals surface area contributed by atoms with Crippen LogP contribution < -0.4 is 5.32 Å². The summed E-state index contributed by atoms with van der Waals surface area (Å²) in [4.78, 5) is 2.60. The molecule has 2 heteroatoms. The first-order valence-electron chi connectivity index (χ1n) is 6.92. The Labute approximate surface area is 103 Å². The van der Waals surface area contributed by atoms with Gasteiger partial charge in [-0.3, -0.25) is 0 Å². The molecule has 0 aromatic rings. The van der Waals surface area contributed by atoms with Gasteiger partial charge in [0, 0.05) is 18.6 Å². The van der Waals surface area contributed by atoms with Crippen molar-refractivity contribution < 1.29 is 0 Å². The molecule has 0 radical (unpaired) electrons. The summed E-state index contributed by atoms with van der Waals surface area (Å²) < 4.78 is 0. The molecule has 0 spiro atoms. The van der Waals surface area contributed by atoms with Gasteiger partial charge in [0.2, 0.25) is 0 Å². The Kier molecular flexibility index (Phi) is 8.96. The van der Waals surface area contributed by atoms with Gasteiger partial charge in [0.25, 0.3) is 0 Å². The van der Waals surface area contributed by atoms with Gasteiger partial charge < -0.3 is 10.2 Å². The standard InChI is InChI=1S/C14H32N2/c1-7-14(15-6)9-8-10-16(13(4)5)11-12(2)3/h12-15H,7-11H2,1-6H3. The van der Waals surface area contributed by atoms with E-state index in [2.05, 4.69) is 51.9 Å². The van der Waals surface area contributed by atoms with Crippen molar-refractivity contribution in [1.82, 2.24) is 10.2 Å². The highest BCUT2D eigenvalue weighted by Gasteiger charge is 2.11. The highest BCUT2D eigenvalue weighted by molar-refractivity contribution is 4.68. The maximum atomic E-state index is 3.38. The Morgan fingerprint density at radius 1 is 1.12 bits per heavy atom. The maximum absolute atomic E-state index is 3.38. The molecule has 0 aliphatic heterocycles. The lowest BCUT2D eigenvalue weighted by molar-refractivity contribution is 0.191. The second-order valence-corrected chi connectivity index (χ2v) is 5.52. The van der Waals surface area contributed by atoms with Crippen LogP contribution in [0.1, 0.15) is 53.9 Å². The van der Waals surface area contributed by atoms with E-state index < -0.39 is 0 Å². The molecule has 0 aliphatic carbocycles. The van der Waals surface area contributed by atoms with E-state index in [4.69, 9.17) is 0 Å². The zero-order chi connectivity index (χ0) is 12.6. The van der Waals surface area contributed by atoms with Gasteiger partial charge in [0.1, 0.15) is 0 Å². The molecule has 0 fully saturated rings. The Morgan fingerprint density at radius 2 is 1.75 bits per heavy atom. The van der Waals surface area contributed by atoms with E-state index in [9.17, 15) is 0 Å². The van der Waals surface area contributed by atoms with Crippen molar-refractivity contribution in [2.45, 2.75) is 66.0 Å². The molecule has 16 heavy (non-hydrogen) atoms. The van der Waals surface area contributed by atoms with E-state index in [1.165, 1.54) is 32.4 Å². The number of nitrogens with one attached hydrogen (secondary N) is 1. The summed E-state index contributed by atoms with van der Waals surface area (Å²) in [6.07, 6.45) is 3.85. The van der Waals surface area contributed by atoms with Gasteiger partial charge in [0.05, 0.1) is 0 Å². The summed E-state index contributed by atoms with van der Waals surface area (Å²) in [5.74, 6) is 0.772. The molecule has 0 bridgehead atoms. The summed E-state index contributed by atoms with van der Waals surface area (Å²) >= 11 is 0. The van der Waals surface area contributed by atoms with Crippen LogP contribution in [-0.4, -0.2) is 37.1 Å². The van der Waals surface area contributed by atoms with Crippen molar-refractivity contribution in [1.29, 1.82) is 0 Å². The summed E-state index contributed by atoms with van der Waals surface area (Å²) in [5.41, 5.74) is 0. The van der Waals surface area contributed by atoms with Gasteiger partial charge in [-0.25, -0.2) is 0 Å². The molecule has 0 saturated heterocycles. The molecule has 0 amide bonds. The third kappa shape index (κ3) is 7.24. The molecule has 1 N–H and O–H groups in total. The monoisotopic (exact) mass is 228 g/mol. The molecular weight excluding hydrogens is 196 g/mol. The fourth-order valence-electron chi connectivity index (χ4n) is 2.12. The van der Waals surface area contributed by atoms with E-state index in [0.717, 1.165) is 5.92 Å². The third-order valence-electron chi connectivity index (χ3n) is 3.23. The first-order chi connectivity index (χ1) is 7.51. The highest BCUT2D eigenvalue weighted by atomic mass is 15.1. The third-order valence-corrected chi connectivity index (χ3v) is 3.23. The highest BCUT2D eigenvalue weighted by Crippen LogP contribution is 2.08. The molecule has 0 saturated carbocycles. The molecule has 0 heterocycles. The normalized spacial score (nSPS) is 14.1. The van der Waals surface area contributed by atoms with Crippen molar-refractivity contribution in [2.75, 3.05) is 20.1 Å².